The Bertz CT molecular complexity index is 1440. The molecule has 1 saturated carbocycles. The summed E-state index contributed by atoms with van der Waals surface area (Å²) < 4.78 is 30.0. The van der Waals surface area contributed by atoms with Crippen molar-refractivity contribution in [3.63, 3.8) is 0 Å². The lowest BCUT2D eigenvalue weighted by Crippen LogP contribution is -2.46. The lowest BCUT2D eigenvalue weighted by molar-refractivity contribution is -0.123. The molecule has 2 amide bonds. The van der Waals surface area contributed by atoms with Crippen molar-refractivity contribution in [2.45, 2.75) is 70.4 Å². The molecule has 6 rings (SSSR count). The second kappa shape index (κ2) is 12.7. The van der Waals surface area contributed by atoms with E-state index in [4.69, 9.17) is 0 Å². The van der Waals surface area contributed by atoms with Crippen LogP contribution in [0.3, 0.4) is 0 Å². The first-order valence-corrected chi connectivity index (χ1v) is 15.7. The van der Waals surface area contributed by atoms with Crippen molar-refractivity contribution in [1.82, 2.24) is 4.90 Å². The number of carbonyl (C=O) groups excluding carboxylic acids is 2. The number of carbonyl (C=O) groups is 2. The van der Waals surface area contributed by atoms with Gasteiger partial charge in [-0.3, -0.25) is 9.59 Å². The number of aryl methyl sites for hydroxylation is 1. The molecule has 3 aromatic carbocycles. The van der Waals surface area contributed by atoms with Gasteiger partial charge in [-0.25, -0.2) is 8.78 Å². The Kier molecular flexibility index (Phi) is 8.63. The van der Waals surface area contributed by atoms with Gasteiger partial charge in [-0.1, -0.05) is 37.1 Å². The number of hydrogen-bond acceptors (Lipinski definition) is 4. The van der Waals surface area contributed by atoms with E-state index in [1.807, 2.05) is 24.3 Å². The smallest absolute Gasteiger partial charge is 0.257 e. The maximum atomic E-state index is 15.0. The van der Waals surface area contributed by atoms with Crippen LogP contribution in [0.25, 0.3) is 0 Å². The third-order valence-electron chi connectivity index (χ3n) is 9.32. The van der Waals surface area contributed by atoms with Gasteiger partial charge in [0.05, 0.1) is 23.2 Å². The average molecular weight is 587 g/mol. The van der Waals surface area contributed by atoms with Gasteiger partial charge in [0.15, 0.2) is 0 Å². The second-order valence-corrected chi connectivity index (χ2v) is 12.2. The van der Waals surface area contributed by atoms with Crippen LogP contribution in [-0.2, 0) is 4.79 Å². The summed E-state index contributed by atoms with van der Waals surface area (Å²) in [6.07, 6.45) is 8.01. The van der Waals surface area contributed by atoms with Crippen LogP contribution in [0.4, 0.5) is 25.8 Å². The molecule has 2 saturated heterocycles. The highest BCUT2D eigenvalue weighted by Crippen LogP contribution is 2.39. The van der Waals surface area contributed by atoms with Gasteiger partial charge < -0.3 is 20.4 Å². The maximum Gasteiger partial charge on any atom is 0.257 e. The molecular weight excluding hydrogens is 546 g/mol. The number of piperidine rings is 1. The standard InChI is InChI=1S/C35H40F2N4O2/c1-23-8-6-12-30(37)32(23)35(43)41-21-7-11-28(33(41)24-13-15-26(16-14-24)38-25-9-2-3-10-25)34(42)39-31-22-27(17-18-29(31)36)40-19-4-5-20-40/h6,8,12-18,22,25,28,33,38H,2-5,7,9-11,19-21H2,1H3,(H,39,42)/t28-,33-/m0/s1. The Morgan fingerprint density at radius 3 is 2.28 bits per heavy atom. The van der Waals surface area contributed by atoms with Gasteiger partial charge in [0.25, 0.3) is 5.91 Å². The first kappa shape index (κ1) is 29.1. The van der Waals surface area contributed by atoms with Gasteiger partial charge in [0.1, 0.15) is 11.6 Å². The summed E-state index contributed by atoms with van der Waals surface area (Å²) in [4.78, 5) is 31.8. The highest BCUT2D eigenvalue weighted by molar-refractivity contribution is 5.98. The van der Waals surface area contributed by atoms with E-state index < -0.39 is 29.5 Å². The number of hydrogen-bond donors (Lipinski definition) is 2. The molecule has 1 aliphatic carbocycles. The number of nitrogens with one attached hydrogen (secondary N) is 2. The molecule has 2 aliphatic heterocycles. The largest absolute Gasteiger partial charge is 0.382 e. The Morgan fingerprint density at radius 2 is 1.56 bits per heavy atom. The number of rotatable bonds is 7. The lowest BCUT2D eigenvalue weighted by atomic mass is 9.83. The van der Waals surface area contributed by atoms with E-state index >= 15 is 4.39 Å². The van der Waals surface area contributed by atoms with Gasteiger partial charge >= 0.3 is 0 Å². The fourth-order valence-electron chi connectivity index (χ4n) is 7.05. The molecule has 2 atom stereocenters. The zero-order chi connectivity index (χ0) is 29.9. The summed E-state index contributed by atoms with van der Waals surface area (Å²) >= 11 is 0. The molecule has 0 spiro atoms. The van der Waals surface area contributed by atoms with Crippen molar-refractivity contribution in [1.29, 1.82) is 0 Å². The Hall–Kier alpha value is -3.94. The first-order valence-electron chi connectivity index (χ1n) is 15.7. The van der Waals surface area contributed by atoms with E-state index in [1.54, 1.807) is 36.1 Å². The maximum absolute atomic E-state index is 15.0. The van der Waals surface area contributed by atoms with E-state index in [2.05, 4.69) is 15.5 Å². The fourth-order valence-corrected chi connectivity index (χ4v) is 7.05. The highest BCUT2D eigenvalue weighted by Gasteiger charge is 2.41. The summed E-state index contributed by atoms with van der Waals surface area (Å²) in [5, 5.41) is 6.45. The molecule has 2 heterocycles. The average Bonchev–Trinajstić information content (AvgIpc) is 3.73. The molecule has 6 nitrogen and oxygen atoms in total. The molecule has 0 aromatic heterocycles. The monoisotopic (exact) mass is 586 g/mol. The molecule has 3 aliphatic rings. The fraction of sp³-hybridized carbons (Fsp3) is 0.429. The number of amides is 2. The summed E-state index contributed by atoms with van der Waals surface area (Å²) in [6, 6.07) is 17.2. The summed E-state index contributed by atoms with van der Waals surface area (Å²) in [5.41, 5.74) is 3.38. The van der Waals surface area contributed by atoms with Gasteiger partial charge in [-0.05, 0) is 93.0 Å². The molecule has 0 unspecified atom stereocenters. The second-order valence-electron chi connectivity index (χ2n) is 12.2. The van der Waals surface area contributed by atoms with Crippen molar-refractivity contribution in [2.75, 3.05) is 35.2 Å². The van der Waals surface area contributed by atoms with Gasteiger partial charge in [0.2, 0.25) is 5.91 Å². The predicted octanol–water partition coefficient (Wildman–Crippen LogP) is 7.46. The van der Waals surface area contributed by atoms with Crippen molar-refractivity contribution in [3.8, 4) is 0 Å². The lowest BCUT2D eigenvalue weighted by Gasteiger charge is -2.41. The van der Waals surface area contributed by atoms with Crippen molar-refractivity contribution in [2.24, 2.45) is 5.92 Å². The Balaban J connectivity index is 1.31. The van der Waals surface area contributed by atoms with Crippen molar-refractivity contribution in [3.05, 3.63) is 89.0 Å². The molecular formula is C35H40F2N4O2. The van der Waals surface area contributed by atoms with Crippen LogP contribution in [0.15, 0.2) is 60.7 Å². The van der Waals surface area contributed by atoms with E-state index in [0.717, 1.165) is 55.7 Å². The molecule has 43 heavy (non-hydrogen) atoms. The third-order valence-corrected chi connectivity index (χ3v) is 9.32. The number of nitrogens with zero attached hydrogens (tertiary/aromatic N) is 2. The van der Waals surface area contributed by atoms with Crippen LogP contribution >= 0.6 is 0 Å². The molecule has 0 radical (unpaired) electrons. The molecule has 0 bridgehead atoms. The zero-order valence-electron chi connectivity index (χ0n) is 24.8. The van der Waals surface area contributed by atoms with Crippen LogP contribution in [-0.4, -0.2) is 42.4 Å². The molecule has 2 N–H and O–H groups in total. The number of benzene rings is 3. The third kappa shape index (κ3) is 6.24. The van der Waals surface area contributed by atoms with E-state index in [9.17, 15) is 14.0 Å². The van der Waals surface area contributed by atoms with Gasteiger partial charge in [-0.2, -0.15) is 0 Å². The quantitative estimate of drug-likeness (QED) is 0.302. The summed E-state index contributed by atoms with van der Waals surface area (Å²) in [5.74, 6) is -2.51. The van der Waals surface area contributed by atoms with Crippen molar-refractivity contribution < 1.29 is 18.4 Å². The molecule has 3 fully saturated rings. The minimum Gasteiger partial charge on any atom is -0.382 e. The Labute approximate surface area is 252 Å². The highest BCUT2D eigenvalue weighted by atomic mass is 19.1. The predicted molar refractivity (Wildman–Crippen MR) is 166 cm³/mol. The number of likely N-dealkylation sites (tertiary alicyclic amines) is 1. The van der Waals surface area contributed by atoms with Gasteiger partial charge in [0, 0.05) is 37.1 Å². The van der Waals surface area contributed by atoms with Crippen LogP contribution in [0.5, 0.6) is 0 Å². The molecule has 8 heteroatoms. The zero-order valence-corrected chi connectivity index (χ0v) is 24.8. The van der Waals surface area contributed by atoms with Crippen LogP contribution in [0.2, 0.25) is 0 Å². The van der Waals surface area contributed by atoms with Crippen LogP contribution < -0.4 is 15.5 Å². The van der Waals surface area contributed by atoms with E-state index in [-0.39, 0.29) is 17.2 Å². The van der Waals surface area contributed by atoms with Crippen molar-refractivity contribution >= 4 is 28.9 Å². The van der Waals surface area contributed by atoms with E-state index in [1.165, 1.54) is 25.0 Å². The van der Waals surface area contributed by atoms with E-state index in [0.29, 0.717) is 31.0 Å². The topological polar surface area (TPSA) is 64.7 Å². The van der Waals surface area contributed by atoms with Crippen LogP contribution in [0.1, 0.15) is 78.9 Å². The SMILES string of the molecule is Cc1cccc(F)c1C(=O)N1CCC[C@H](C(=O)Nc2cc(N3CCCC3)ccc2F)[C@@H]1c1ccc(NC2CCCC2)cc1. The molecule has 3 aromatic rings. The van der Waals surface area contributed by atoms with Crippen LogP contribution in [0, 0.1) is 24.5 Å². The molecule has 226 valence electrons. The van der Waals surface area contributed by atoms with Gasteiger partial charge in [-0.15, -0.1) is 0 Å². The number of anilines is 3. The normalized spacial score (nSPS) is 20.8. The Morgan fingerprint density at radius 1 is 0.814 bits per heavy atom. The minimum absolute atomic E-state index is 0.0254. The minimum atomic E-state index is -0.645. The first-order chi connectivity index (χ1) is 20.9. The summed E-state index contributed by atoms with van der Waals surface area (Å²) in [6.45, 7) is 3.92. The number of halogens is 2. The summed E-state index contributed by atoms with van der Waals surface area (Å²) in [7, 11) is 0.